The Morgan fingerprint density at radius 3 is 2.61 bits per heavy atom. The normalized spacial score (nSPS) is 12.0. The van der Waals surface area contributed by atoms with Crippen LogP contribution in [0, 0.1) is 5.41 Å². The third-order valence-corrected chi connectivity index (χ3v) is 6.62. The van der Waals surface area contributed by atoms with Crippen LogP contribution in [0.15, 0.2) is 43.1 Å². The van der Waals surface area contributed by atoms with Gasteiger partial charge < -0.3 is 9.47 Å². The van der Waals surface area contributed by atoms with Crippen LogP contribution in [0.3, 0.4) is 0 Å². The Morgan fingerprint density at radius 1 is 1.24 bits per heavy atom. The van der Waals surface area contributed by atoms with Crippen molar-refractivity contribution in [3.05, 3.63) is 60.0 Å². The number of halogens is 3. The predicted octanol–water partition coefficient (Wildman–Crippen LogP) is 6.84. The summed E-state index contributed by atoms with van der Waals surface area (Å²) in [5.74, 6) is 1.53. The van der Waals surface area contributed by atoms with Crippen LogP contribution in [0.4, 0.5) is 0 Å². The van der Waals surface area contributed by atoms with Crippen LogP contribution in [0.1, 0.15) is 45.5 Å². The molecule has 176 valence electrons. The van der Waals surface area contributed by atoms with Crippen molar-refractivity contribution in [2.24, 2.45) is 10.5 Å². The highest BCUT2D eigenvalue weighted by molar-refractivity contribution is 9.10. The zero-order chi connectivity index (χ0) is 24.3. The van der Waals surface area contributed by atoms with Crippen LogP contribution in [0.2, 0.25) is 5.02 Å². The Kier molecular flexibility index (Phi) is 8.24. The highest BCUT2D eigenvalue weighted by Crippen LogP contribution is 2.42. The maximum absolute atomic E-state index is 13.2. The summed E-state index contributed by atoms with van der Waals surface area (Å²) in [4.78, 5) is 17.9. The van der Waals surface area contributed by atoms with Gasteiger partial charge in [0.1, 0.15) is 10.8 Å². The van der Waals surface area contributed by atoms with Gasteiger partial charge in [-0.05, 0) is 52.0 Å². The molecule has 6 nitrogen and oxygen atoms in total. The molecule has 9 heteroatoms. The summed E-state index contributed by atoms with van der Waals surface area (Å²) < 4.78 is 14.2. The average molecular weight is 600 g/mol. The molecule has 3 rings (SSSR count). The van der Waals surface area contributed by atoms with Gasteiger partial charge in [-0.15, -0.1) is 0 Å². The first kappa shape index (κ1) is 25.7. The molecule has 0 N–H and O–H groups in total. The van der Waals surface area contributed by atoms with E-state index in [1.54, 1.807) is 25.5 Å². The fourth-order valence-electron chi connectivity index (χ4n) is 3.09. The van der Waals surface area contributed by atoms with E-state index >= 15 is 0 Å². The number of aryl methyl sites for hydroxylation is 1. The molecule has 0 bridgehead atoms. The zero-order valence-corrected chi connectivity index (χ0v) is 23.1. The minimum Gasteiger partial charge on any atom is -0.493 e. The molecular weight excluding hydrogens is 574 g/mol. The van der Waals surface area contributed by atoms with Crippen LogP contribution in [-0.4, -0.2) is 29.6 Å². The van der Waals surface area contributed by atoms with E-state index in [1.807, 2.05) is 19.1 Å². The molecule has 0 aliphatic carbocycles. The Balaban J connectivity index is 2.09. The largest absolute Gasteiger partial charge is 0.493 e. The molecule has 0 saturated carbocycles. The lowest BCUT2D eigenvalue weighted by Crippen LogP contribution is -2.22. The van der Waals surface area contributed by atoms with Crippen molar-refractivity contribution < 1.29 is 9.47 Å². The second-order valence-corrected chi connectivity index (χ2v) is 10.9. The van der Waals surface area contributed by atoms with Crippen molar-refractivity contribution in [1.29, 1.82) is 0 Å². The SMILES string of the molecule is CCCc1nc2ccc(Br)cc2c(=O)n1N=Cc1cc(OC)c(OCC(C)(C)C)c(Cl)c1Br. The first-order valence-corrected chi connectivity index (χ1v) is 12.5. The van der Waals surface area contributed by atoms with Crippen LogP contribution < -0.4 is 15.0 Å². The van der Waals surface area contributed by atoms with Crippen molar-refractivity contribution in [2.45, 2.75) is 40.5 Å². The summed E-state index contributed by atoms with van der Waals surface area (Å²) >= 11 is 13.6. The van der Waals surface area contributed by atoms with Gasteiger partial charge >= 0.3 is 0 Å². The van der Waals surface area contributed by atoms with Gasteiger partial charge in [-0.25, -0.2) is 4.98 Å². The topological polar surface area (TPSA) is 65.7 Å². The standard InChI is InChI=1S/C24H26Br2ClN3O3/c1-6-7-19-29-17-9-8-15(25)11-16(17)23(31)30(19)28-12-14-10-18(32-5)22(21(27)20(14)26)33-13-24(2,3)4/h8-12H,6-7,13H2,1-5H3. The Hall–Kier alpha value is -1.90. The summed E-state index contributed by atoms with van der Waals surface area (Å²) in [6, 6.07) is 7.22. The summed E-state index contributed by atoms with van der Waals surface area (Å²) in [5.41, 5.74) is 1.00. The van der Waals surface area contributed by atoms with Gasteiger partial charge in [0.2, 0.25) is 0 Å². The van der Waals surface area contributed by atoms with Crippen LogP contribution in [0.5, 0.6) is 11.5 Å². The number of ether oxygens (including phenoxy) is 2. The first-order chi connectivity index (χ1) is 15.6. The maximum atomic E-state index is 13.2. The monoisotopic (exact) mass is 597 g/mol. The van der Waals surface area contributed by atoms with Gasteiger partial charge in [0, 0.05) is 20.9 Å². The van der Waals surface area contributed by atoms with Crippen LogP contribution in [-0.2, 0) is 6.42 Å². The first-order valence-electron chi connectivity index (χ1n) is 10.5. The van der Waals surface area contributed by atoms with E-state index in [0.29, 0.717) is 56.3 Å². The highest BCUT2D eigenvalue weighted by atomic mass is 79.9. The molecule has 0 spiro atoms. The third-order valence-electron chi connectivity index (χ3n) is 4.69. The fourth-order valence-corrected chi connectivity index (χ4v) is 4.11. The van der Waals surface area contributed by atoms with Gasteiger partial charge in [-0.1, -0.05) is 55.2 Å². The summed E-state index contributed by atoms with van der Waals surface area (Å²) in [5, 5.41) is 5.35. The van der Waals surface area contributed by atoms with Gasteiger partial charge in [0.15, 0.2) is 11.5 Å². The molecule has 0 radical (unpaired) electrons. The van der Waals surface area contributed by atoms with Gasteiger partial charge in [-0.2, -0.15) is 9.78 Å². The Bertz CT molecular complexity index is 1270. The summed E-state index contributed by atoms with van der Waals surface area (Å²) in [6.45, 7) is 8.72. The molecule has 33 heavy (non-hydrogen) atoms. The number of nitrogens with zero attached hydrogens (tertiary/aromatic N) is 3. The van der Waals surface area contributed by atoms with E-state index < -0.39 is 0 Å². The Labute approximate surface area is 215 Å². The number of aromatic nitrogens is 2. The second-order valence-electron chi connectivity index (χ2n) is 8.78. The third kappa shape index (κ3) is 5.97. The summed E-state index contributed by atoms with van der Waals surface area (Å²) in [6.07, 6.45) is 3.01. The van der Waals surface area contributed by atoms with E-state index in [9.17, 15) is 4.79 Å². The number of methoxy groups -OCH3 is 1. The number of hydrogen-bond donors (Lipinski definition) is 0. The molecule has 3 aromatic rings. The van der Waals surface area contributed by atoms with Crippen molar-refractivity contribution in [3.8, 4) is 11.5 Å². The number of fused-ring (bicyclic) bond motifs is 1. The molecule has 1 aromatic heterocycles. The molecule has 2 aromatic carbocycles. The predicted molar refractivity (Wildman–Crippen MR) is 141 cm³/mol. The van der Waals surface area contributed by atoms with Gasteiger partial charge in [0.25, 0.3) is 5.56 Å². The highest BCUT2D eigenvalue weighted by Gasteiger charge is 2.20. The van der Waals surface area contributed by atoms with E-state index in [0.717, 1.165) is 10.9 Å². The molecule has 0 atom stereocenters. The smallest absolute Gasteiger partial charge is 0.282 e. The van der Waals surface area contributed by atoms with Crippen molar-refractivity contribution >= 4 is 60.6 Å². The van der Waals surface area contributed by atoms with E-state index in [2.05, 4.69) is 62.7 Å². The molecule has 0 fully saturated rings. The maximum Gasteiger partial charge on any atom is 0.282 e. The minimum atomic E-state index is -0.236. The average Bonchev–Trinajstić information content (AvgIpc) is 2.75. The lowest BCUT2D eigenvalue weighted by atomic mass is 9.99. The molecule has 0 amide bonds. The van der Waals surface area contributed by atoms with Crippen molar-refractivity contribution in [1.82, 2.24) is 9.66 Å². The fraction of sp³-hybridized carbons (Fsp3) is 0.375. The number of benzene rings is 2. The van der Waals surface area contributed by atoms with E-state index in [4.69, 9.17) is 21.1 Å². The van der Waals surface area contributed by atoms with Gasteiger partial charge in [0.05, 0.1) is 30.8 Å². The number of hydrogen-bond acceptors (Lipinski definition) is 5. The van der Waals surface area contributed by atoms with E-state index in [-0.39, 0.29) is 11.0 Å². The molecule has 0 aliphatic heterocycles. The summed E-state index contributed by atoms with van der Waals surface area (Å²) in [7, 11) is 1.55. The molecular formula is C24H26Br2ClN3O3. The molecule has 0 aliphatic rings. The van der Waals surface area contributed by atoms with Crippen LogP contribution >= 0.6 is 43.5 Å². The molecule has 0 unspecified atom stereocenters. The minimum absolute atomic E-state index is 0.0458. The van der Waals surface area contributed by atoms with Crippen LogP contribution in [0.25, 0.3) is 10.9 Å². The van der Waals surface area contributed by atoms with E-state index in [1.165, 1.54) is 4.68 Å². The Morgan fingerprint density at radius 2 is 1.97 bits per heavy atom. The van der Waals surface area contributed by atoms with Gasteiger partial charge in [-0.3, -0.25) is 4.79 Å². The second kappa shape index (κ2) is 10.6. The number of rotatable bonds is 7. The lowest BCUT2D eigenvalue weighted by Gasteiger charge is -2.21. The zero-order valence-electron chi connectivity index (χ0n) is 19.2. The van der Waals surface area contributed by atoms with Crippen molar-refractivity contribution in [3.63, 3.8) is 0 Å². The lowest BCUT2D eigenvalue weighted by molar-refractivity contribution is 0.191. The van der Waals surface area contributed by atoms with Crippen molar-refractivity contribution in [2.75, 3.05) is 13.7 Å². The molecule has 0 saturated heterocycles. The molecule has 1 heterocycles. The quantitative estimate of drug-likeness (QED) is 0.279.